The smallest absolute Gasteiger partial charge is 0.306 e. The van der Waals surface area contributed by atoms with E-state index in [-0.39, 0.29) is 6.42 Å². The van der Waals surface area contributed by atoms with Crippen molar-refractivity contribution in [2.45, 2.75) is 32.5 Å². The quantitative estimate of drug-likeness (QED) is 0.653. The summed E-state index contributed by atoms with van der Waals surface area (Å²) >= 11 is 0. The highest BCUT2D eigenvalue weighted by Crippen LogP contribution is 2.21. The fourth-order valence-electron chi connectivity index (χ4n) is 0.754. The Kier molecular flexibility index (Phi) is 4.75. The predicted octanol–water partition coefficient (Wildman–Crippen LogP) is 1.94. The SMILES string of the molecule is CC#CCC(NCC)C(F)(F)F. The highest BCUT2D eigenvalue weighted by molar-refractivity contribution is 4.99. The normalized spacial score (nSPS) is 13.4. The molecule has 1 nitrogen and oxygen atoms in total. The molecule has 0 radical (unpaired) electrons. The molecular formula is C8H12F3N. The van der Waals surface area contributed by atoms with Crippen LogP contribution in [0.25, 0.3) is 0 Å². The van der Waals surface area contributed by atoms with Crippen LogP contribution < -0.4 is 5.32 Å². The second kappa shape index (κ2) is 5.04. The maximum atomic E-state index is 12.1. The van der Waals surface area contributed by atoms with Gasteiger partial charge in [-0.05, 0) is 13.5 Å². The molecule has 1 atom stereocenters. The molecule has 0 aliphatic rings. The van der Waals surface area contributed by atoms with Gasteiger partial charge in [-0.2, -0.15) is 13.2 Å². The van der Waals surface area contributed by atoms with Gasteiger partial charge in [0.15, 0.2) is 0 Å². The van der Waals surface area contributed by atoms with Crippen molar-refractivity contribution in [3.05, 3.63) is 0 Å². The van der Waals surface area contributed by atoms with E-state index >= 15 is 0 Å². The van der Waals surface area contributed by atoms with Crippen LogP contribution in [0, 0.1) is 11.8 Å². The highest BCUT2D eigenvalue weighted by Gasteiger charge is 2.38. The largest absolute Gasteiger partial charge is 0.404 e. The molecule has 70 valence electrons. The van der Waals surface area contributed by atoms with E-state index in [1.54, 1.807) is 6.92 Å². The molecule has 0 fully saturated rings. The summed E-state index contributed by atoms with van der Waals surface area (Å²) in [5, 5.41) is 2.33. The summed E-state index contributed by atoms with van der Waals surface area (Å²) in [6.07, 6.45) is -4.37. The van der Waals surface area contributed by atoms with Gasteiger partial charge in [-0.25, -0.2) is 0 Å². The van der Waals surface area contributed by atoms with Gasteiger partial charge in [0.25, 0.3) is 0 Å². The Bertz CT molecular complexity index is 175. The van der Waals surface area contributed by atoms with Gasteiger partial charge in [0.05, 0.1) is 0 Å². The molecule has 0 bridgehead atoms. The lowest BCUT2D eigenvalue weighted by atomic mass is 10.2. The van der Waals surface area contributed by atoms with Gasteiger partial charge in [-0.15, -0.1) is 11.8 Å². The monoisotopic (exact) mass is 179 g/mol. The maximum Gasteiger partial charge on any atom is 0.404 e. The van der Waals surface area contributed by atoms with Crippen LogP contribution in [0.2, 0.25) is 0 Å². The molecule has 0 saturated carbocycles. The zero-order valence-electron chi connectivity index (χ0n) is 7.13. The van der Waals surface area contributed by atoms with Crippen LogP contribution in [-0.2, 0) is 0 Å². The van der Waals surface area contributed by atoms with E-state index in [0.29, 0.717) is 6.54 Å². The van der Waals surface area contributed by atoms with Crippen molar-refractivity contribution in [1.29, 1.82) is 0 Å². The van der Waals surface area contributed by atoms with Crippen molar-refractivity contribution >= 4 is 0 Å². The lowest BCUT2D eigenvalue weighted by molar-refractivity contribution is -0.154. The summed E-state index contributed by atoms with van der Waals surface area (Å²) in [4.78, 5) is 0. The molecule has 0 aromatic heterocycles. The zero-order valence-corrected chi connectivity index (χ0v) is 7.13. The molecule has 1 unspecified atom stereocenters. The molecule has 0 amide bonds. The van der Waals surface area contributed by atoms with Gasteiger partial charge in [-0.3, -0.25) is 0 Å². The number of hydrogen-bond donors (Lipinski definition) is 1. The van der Waals surface area contributed by atoms with Crippen molar-refractivity contribution in [3.63, 3.8) is 0 Å². The van der Waals surface area contributed by atoms with Gasteiger partial charge in [0, 0.05) is 6.42 Å². The predicted molar refractivity (Wildman–Crippen MR) is 41.6 cm³/mol. The highest BCUT2D eigenvalue weighted by atomic mass is 19.4. The minimum absolute atomic E-state index is 0.173. The summed E-state index contributed by atoms with van der Waals surface area (Å²) in [6, 6.07) is -1.49. The maximum absolute atomic E-state index is 12.1. The van der Waals surface area contributed by atoms with Crippen LogP contribution in [0.3, 0.4) is 0 Å². The number of nitrogens with one attached hydrogen (secondary N) is 1. The number of alkyl halides is 3. The molecule has 0 rings (SSSR count). The Labute approximate surface area is 70.3 Å². The first kappa shape index (κ1) is 11.3. The van der Waals surface area contributed by atoms with E-state index in [9.17, 15) is 13.2 Å². The van der Waals surface area contributed by atoms with Crippen molar-refractivity contribution in [3.8, 4) is 11.8 Å². The number of hydrogen-bond acceptors (Lipinski definition) is 1. The average Bonchev–Trinajstić information content (AvgIpc) is 1.95. The van der Waals surface area contributed by atoms with Gasteiger partial charge in [-0.1, -0.05) is 6.92 Å². The molecule has 0 aromatic carbocycles. The Hall–Kier alpha value is -0.690. The van der Waals surface area contributed by atoms with Crippen LogP contribution >= 0.6 is 0 Å². The Morgan fingerprint density at radius 1 is 1.42 bits per heavy atom. The second-order valence-corrected chi connectivity index (χ2v) is 2.28. The first-order valence-electron chi connectivity index (χ1n) is 3.72. The van der Waals surface area contributed by atoms with E-state index in [1.165, 1.54) is 6.92 Å². The summed E-state index contributed by atoms with van der Waals surface area (Å²) < 4.78 is 36.3. The van der Waals surface area contributed by atoms with Crippen molar-refractivity contribution in [1.82, 2.24) is 5.32 Å². The van der Waals surface area contributed by atoms with Crippen molar-refractivity contribution in [2.75, 3.05) is 6.54 Å². The van der Waals surface area contributed by atoms with Crippen LogP contribution in [0.5, 0.6) is 0 Å². The third-order valence-corrected chi connectivity index (χ3v) is 1.33. The fraction of sp³-hybridized carbons (Fsp3) is 0.750. The van der Waals surface area contributed by atoms with Gasteiger partial charge in [0.1, 0.15) is 6.04 Å². The lowest BCUT2D eigenvalue weighted by Crippen LogP contribution is -2.41. The molecule has 0 saturated heterocycles. The van der Waals surface area contributed by atoms with E-state index in [4.69, 9.17) is 0 Å². The van der Waals surface area contributed by atoms with Crippen molar-refractivity contribution < 1.29 is 13.2 Å². The van der Waals surface area contributed by atoms with E-state index in [0.717, 1.165) is 0 Å². The minimum atomic E-state index is -4.19. The third kappa shape index (κ3) is 4.24. The number of halogens is 3. The molecule has 0 aromatic rings. The lowest BCUT2D eigenvalue weighted by Gasteiger charge is -2.18. The Morgan fingerprint density at radius 3 is 2.33 bits per heavy atom. The van der Waals surface area contributed by atoms with Crippen LogP contribution in [0.15, 0.2) is 0 Å². The van der Waals surface area contributed by atoms with Gasteiger partial charge in [0.2, 0.25) is 0 Å². The van der Waals surface area contributed by atoms with Crippen LogP contribution in [-0.4, -0.2) is 18.8 Å². The molecule has 0 spiro atoms. The molecule has 0 aliphatic carbocycles. The molecule has 0 aliphatic heterocycles. The Balaban J connectivity index is 4.10. The molecular weight excluding hydrogens is 167 g/mol. The average molecular weight is 179 g/mol. The first-order chi connectivity index (χ1) is 5.52. The van der Waals surface area contributed by atoms with E-state index in [1.807, 2.05) is 0 Å². The third-order valence-electron chi connectivity index (χ3n) is 1.33. The Morgan fingerprint density at radius 2 is 2.00 bits per heavy atom. The summed E-state index contributed by atoms with van der Waals surface area (Å²) in [5.74, 6) is 4.85. The molecule has 4 heteroatoms. The topological polar surface area (TPSA) is 12.0 Å². The first-order valence-corrected chi connectivity index (χ1v) is 3.72. The summed E-state index contributed by atoms with van der Waals surface area (Å²) in [5.41, 5.74) is 0. The minimum Gasteiger partial charge on any atom is -0.306 e. The molecule has 12 heavy (non-hydrogen) atoms. The number of rotatable bonds is 3. The summed E-state index contributed by atoms with van der Waals surface area (Å²) in [7, 11) is 0. The van der Waals surface area contributed by atoms with Gasteiger partial charge < -0.3 is 5.32 Å². The standard InChI is InChI=1S/C8H12F3N/c1-3-5-6-7(12-4-2)8(9,10)11/h7,12H,4,6H2,1-2H3. The molecule has 0 heterocycles. The van der Waals surface area contributed by atoms with E-state index in [2.05, 4.69) is 17.2 Å². The van der Waals surface area contributed by atoms with Crippen LogP contribution in [0.1, 0.15) is 20.3 Å². The second-order valence-electron chi connectivity index (χ2n) is 2.28. The summed E-state index contributed by atoms with van der Waals surface area (Å²) in [6.45, 7) is 3.47. The zero-order chi connectivity index (χ0) is 9.61. The molecule has 1 N–H and O–H groups in total. The van der Waals surface area contributed by atoms with Crippen LogP contribution in [0.4, 0.5) is 13.2 Å². The van der Waals surface area contributed by atoms with Gasteiger partial charge >= 0.3 is 6.18 Å². The van der Waals surface area contributed by atoms with E-state index < -0.39 is 12.2 Å². The fourth-order valence-corrected chi connectivity index (χ4v) is 0.754. The van der Waals surface area contributed by atoms with Crippen molar-refractivity contribution in [2.24, 2.45) is 0 Å².